The van der Waals surface area contributed by atoms with Crippen LogP contribution in [0.2, 0.25) is 5.15 Å². The molecule has 31 heavy (non-hydrogen) atoms. The minimum absolute atomic E-state index is 0.0535. The van der Waals surface area contributed by atoms with E-state index in [2.05, 4.69) is 15.8 Å². The van der Waals surface area contributed by atoms with E-state index < -0.39 is 21.8 Å². The van der Waals surface area contributed by atoms with Crippen LogP contribution in [0.1, 0.15) is 30.1 Å². The summed E-state index contributed by atoms with van der Waals surface area (Å²) in [4.78, 5) is 28.4. The Bertz CT molecular complexity index is 1040. The second-order valence-corrected chi connectivity index (χ2v) is 9.14. The van der Waals surface area contributed by atoms with E-state index in [9.17, 15) is 18.0 Å². The molecule has 0 aliphatic carbocycles. The number of ether oxygens (including phenoxy) is 1. The molecule has 2 N–H and O–H groups in total. The summed E-state index contributed by atoms with van der Waals surface area (Å²) in [5.41, 5.74) is 5.17. The number of hydrogen-bond donors (Lipinski definition) is 2. The molecule has 2 heterocycles. The van der Waals surface area contributed by atoms with Gasteiger partial charge in [0.2, 0.25) is 15.9 Å². The third kappa shape index (κ3) is 5.52. The van der Waals surface area contributed by atoms with Crippen LogP contribution >= 0.6 is 11.6 Å². The lowest BCUT2D eigenvalue weighted by Crippen LogP contribution is -2.48. The minimum Gasteiger partial charge on any atom is -0.494 e. The predicted molar refractivity (Wildman–Crippen MR) is 114 cm³/mol. The van der Waals surface area contributed by atoms with Gasteiger partial charge >= 0.3 is 0 Å². The van der Waals surface area contributed by atoms with E-state index in [0.29, 0.717) is 30.8 Å². The number of hydrogen-bond acceptors (Lipinski definition) is 6. The highest BCUT2D eigenvalue weighted by Gasteiger charge is 2.33. The number of carbonyl (C=O) groups excluding carboxylic acids is 2. The lowest BCUT2D eigenvalue weighted by atomic mass is 9.98. The molecule has 0 bridgehead atoms. The first-order valence-electron chi connectivity index (χ1n) is 9.76. The summed E-state index contributed by atoms with van der Waals surface area (Å²) in [5.74, 6) is -0.591. The maximum Gasteiger partial charge on any atom is 0.269 e. The largest absolute Gasteiger partial charge is 0.494 e. The predicted octanol–water partition coefficient (Wildman–Crippen LogP) is 2.00. The fourth-order valence-electron chi connectivity index (χ4n) is 3.22. The molecule has 0 spiro atoms. The second-order valence-electron chi connectivity index (χ2n) is 6.87. The second kappa shape index (κ2) is 10.1. The number of nitrogens with one attached hydrogen (secondary N) is 2. The van der Waals surface area contributed by atoms with Gasteiger partial charge in [-0.1, -0.05) is 11.6 Å². The first kappa shape index (κ1) is 23.0. The highest BCUT2D eigenvalue weighted by molar-refractivity contribution is 7.89. The zero-order valence-electron chi connectivity index (χ0n) is 16.9. The Labute approximate surface area is 185 Å². The first-order chi connectivity index (χ1) is 14.8. The fourth-order valence-corrected chi connectivity index (χ4v) is 5.12. The number of halogens is 1. The number of benzene rings is 1. The molecule has 166 valence electrons. The van der Waals surface area contributed by atoms with Crippen LogP contribution in [0.25, 0.3) is 0 Å². The summed E-state index contributed by atoms with van der Waals surface area (Å²) in [5, 5.41) is -0.0839. The molecule has 1 saturated heterocycles. The molecule has 1 aromatic heterocycles. The number of pyridine rings is 1. The average molecular weight is 467 g/mol. The van der Waals surface area contributed by atoms with E-state index >= 15 is 0 Å². The summed E-state index contributed by atoms with van der Waals surface area (Å²) < 4.78 is 32.1. The molecule has 1 aliphatic rings. The molecule has 1 aliphatic heterocycles. The van der Waals surface area contributed by atoms with Gasteiger partial charge in [0.05, 0.1) is 6.61 Å². The lowest BCUT2D eigenvalue weighted by molar-refractivity contribution is -0.126. The highest BCUT2D eigenvalue weighted by Crippen LogP contribution is 2.27. The highest BCUT2D eigenvalue weighted by atomic mass is 35.5. The summed E-state index contributed by atoms with van der Waals surface area (Å²) >= 11 is 5.92. The van der Waals surface area contributed by atoms with Crippen LogP contribution in [-0.2, 0) is 14.8 Å². The number of hydrazine groups is 1. The van der Waals surface area contributed by atoms with E-state index in [0.717, 1.165) is 0 Å². The summed E-state index contributed by atoms with van der Waals surface area (Å²) in [6.07, 6.45) is 2.06. The topological polar surface area (TPSA) is 118 Å². The van der Waals surface area contributed by atoms with Crippen LogP contribution in [0.15, 0.2) is 47.5 Å². The molecule has 9 nitrogen and oxygen atoms in total. The molecule has 2 aromatic rings. The Morgan fingerprint density at radius 1 is 1.16 bits per heavy atom. The minimum atomic E-state index is -3.78. The Kier molecular flexibility index (Phi) is 7.47. The molecule has 3 rings (SSSR count). The number of sulfonamides is 1. The van der Waals surface area contributed by atoms with Crippen molar-refractivity contribution in [3.05, 3.63) is 53.3 Å². The maximum absolute atomic E-state index is 12.8. The van der Waals surface area contributed by atoms with Crippen LogP contribution in [0.3, 0.4) is 0 Å². The molecular formula is C20H23ClN4O5S. The molecule has 0 unspecified atom stereocenters. The number of piperidine rings is 1. The Hall–Kier alpha value is -2.69. The molecule has 1 fully saturated rings. The van der Waals surface area contributed by atoms with Gasteiger partial charge in [-0.2, -0.15) is 4.31 Å². The van der Waals surface area contributed by atoms with Gasteiger partial charge in [0, 0.05) is 30.8 Å². The lowest BCUT2D eigenvalue weighted by Gasteiger charge is -2.30. The quantitative estimate of drug-likeness (QED) is 0.496. The number of amides is 2. The Balaban J connectivity index is 1.51. The van der Waals surface area contributed by atoms with Gasteiger partial charge in [0.15, 0.2) is 0 Å². The van der Waals surface area contributed by atoms with Crippen molar-refractivity contribution in [1.82, 2.24) is 20.1 Å². The molecule has 0 saturated carbocycles. The monoisotopic (exact) mass is 466 g/mol. The van der Waals surface area contributed by atoms with E-state index in [-0.39, 0.29) is 29.0 Å². The summed E-state index contributed by atoms with van der Waals surface area (Å²) in [7, 11) is -3.78. The van der Waals surface area contributed by atoms with Crippen molar-refractivity contribution in [1.29, 1.82) is 0 Å². The standard InChI is InChI=1S/C20H23ClN4O5S/c1-2-30-16-7-5-14(6-8-16)19(26)23-24-20(27)15-9-12-25(13-10-15)31(28,29)17-4-3-11-22-18(17)21/h3-8,11,15H,2,9-10,12-13H2,1H3,(H,23,26)(H,24,27). The van der Waals surface area contributed by atoms with Gasteiger partial charge < -0.3 is 4.74 Å². The van der Waals surface area contributed by atoms with Crippen LogP contribution in [0, 0.1) is 5.92 Å². The molecule has 0 atom stereocenters. The van der Waals surface area contributed by atoms with Crippen molar-refractivity contribution < 1.29 is 22.7 Å². The molecule has 11 heteroatoms. The van der Waals surface area contributed by atoms with Gasteiger partial charge in [0.1, 0.15) is 15.8 Å². The normalized spacial score (nSPS) is 15.3. The third-order valence-electron chi connectivity index (χ3n) is 4.89. The first-order valence-corrected chi connectivity index (χ1v) is 11.6. The van der Waals surface area contributed by atoms with E-state index in [1.807, 2.05) is 6.92 Å². The zero-order valence-corrected chi connectivity index (χ0v) is 18.4. The Morgan fingerprint density at radius 3 is 2.45 bits per heavy atom. The van der Waals surface area contributed by atoms with Crippen LogP contribution in [0.4, 0.5) is 0 Å². The van der Waals surface area contributed by atoms with E-state index in [1.54, 1.807) is 24.3 Å². The van der Waals surface area contributed by atoms with Crippen molar-refractivity contribution in [3.8, 4) is 5.75 Å². The smallest absolute Gasteiger partial charge is 0.269 e. The van der Waals surface area contributed by atoms with Crippen molar-refractivity contribution >= 4 is 33.4 Å². The molecular weight excluding hydrogens is 444 g/mol. The SMILES string of the molecule is CCOc1ccc(C(=O)NNC(=O)C2CCN(S(=O)(=O)c3cccnc3Cl)CC2)cc1. The third-order valence-corrected chi connectivity index (χ3v) is 7.24. The van der Waals surface area contributed by atoms with E-state index in [1.165, 1.54) is 22.6 Å². The number of nitrogens with zero attached hydrogens (tertiary/aromatic N) is 2. The van der Waals surface area contributed by atoms with Crippen molar-refractivity contribution in [3.63, 3.8) is 0 Å². The summed E-state index contributed by atoms with van der Waals surface area (Å²) in [6.45, 7) is 2.72. The van der Waals surface area contributed by atoms with Gasteiger partial charge in [-0.25, -0.2) is 13.4 Å². The maximum atomic E-state index is 12.8. The zero-order chi connectivity index (χ0) is 22.4. The molecule has 2 amide bonds. The average Bonchev–Trinajstić information content (AvgIpc) is 2.78. The van der Waals surface area contributed by atoms with Gasteiger partial charge in [-0.05, 0) is 56.2 Å². The molecule has 0 radical (unpaired) electrons. The van der Waals surface area contributed by atoms with Crippen LogP contribution < -0.4 is 15.6 Å². The van der Waals surface area contributed by atoms with Gasteiger partial charge in [-0.3, -0.25) is 20.4 Å². The van der Waals surface area contributed by atoms with Crippen molar-refractivity contribution in [2.75, 3.05) is 19.7 Å². The van der Waals surface area contributed by atoms with Crippen LogP contribution in [-0.4, -0.2) is 49.2 Å². The number of aromatic nitrogens is 1. The molecule has 1 aromatic carbocycles. The van der Waals surface area contributed by atoms with Gasteiger partial charge in [-0.15, -0.1) is 0 Å². The van der Waals surface area contributed by atoms with Crippen LogP contribution in [0.5, 0.6) is 5.75 Å². The van der Waals surface area contributed by atoms with Crippen molar-refractivity contribution in [2.24, 2.45) is 5.92 Å². The Morgan fingerprint density at radius 2 is 1.84 bits per heavy atom. The number of carbonyl (C=O) groups is 2. The van der Waals surface area contributed by atoms with E-state index in [4.69, 9.17) is 16.3 Å². The van der Waals surface area contributed by atoms with Crippen molar-refractivity contribution in [2.45, 2.75) is 24.7 Å². The van der Waals surface area contributed by atoms with Gasteiger partial charge in [0.25, 0.3) is 5.91 Å². The summed E-state index contributed by atoms with van der Waals surface area (Å²) in [6, 6.07) is 9.44. The fraction of sp³-hybridized carbons (Fsp3) is 0.350. The number of rotatable bonds is 6.